The maximum Gasteiger partial charge on any atom is 0.276 e. The van der Waals surface area contributed by atoms with Crippen molar-refractivity contribution >= 4 is 21.6 Å². The summed E-state index contributed by atoms with van der Waals surface area (Å²) < 4.78 is 19.4. The first-order valence-corrected chi connectivity index (χ1v) is 6.17. The Morgan fingerprint density at radius 1 is 1.26 bits per heavy atom. The fraction of sp³-hybridized carbons (Fsp3) is 0.0769. The summed E-state index contributed by atoms with van der Waals surface area (Å²) >= 11 is 3.21. The van der Waals surface area contributed by atoms with Crippen LogP contribution < -0.4 is 4.74 Å². The van der Waals surface area contributed by atoms with Gasteiger partial charge >= 0.3 is 0 Å². The Balaban J connectivity index is 2.19. The van der Waals surface area contributed by atoms with Gasteiger partial charge in [-0.2, -0.15) is 0 Å². The van der Waals surface area contributed by atoms with Crippen LogP contribution in [0.1, 0.15) is 5.56 Å². The molecule has 0 atom stereocenters. The third-order valence-electron chi connectivity index (χ3n) is 2.46. The van der Waals surface area contributed by atoms with Gasteiger partial charge in [-0.1, -0.05) is 28.1 Å². The van der Waals surface area contributed by atoms with Crippen molar-refractivity contribution in [3.05, 3.63) is 68.4 Å². The number of nitrogens with zero attached hydrogens (tertiary/aromatic N) is 1. The Labute approximate surface area is 117 Å². The zero-order chi connectivity index (χ0) is 13.8. The molecule has 0 aliphatic rings. The molecule has 0 amide bonds. The summed E-state index contributed by atoms with van der Waals surface area (Å²) in [6.45, 7) is -0.0650. The molecule has 0 saturated heterocycles. The minimum Gasteiger partial charge on any atom is -0.486 e. The molecule has 0 saturated carbocycles. The summed E-state index contributed by atoms with van der Waals surface area (Å²) in [7, 11) is 0. The smallest absolute Gasteiger partial charge is 0.276 e. The zero-order valence-corrected chi connectivity index (χ0v) is 11.3. The van der Waals surface area contributed by atoms with Crippen LogP contribution in [0.25, 0.3) is 0 Å². The van der Waals surface area contributed by atoms with E-state index in [-0.39, 0.29) is 18.0 Å². The molecule has 2 aromatic carbocycles. The molecule has 2 aromatic rings. The monoisotopic (exact) mass is 325 g/mol. The SMILES string of the molecule is O=[N+]([O-])c1ccccc1COc1cc(Br)ccc1F. The number of para-hydroxylation sites is 1. The van der Waals surface area contributed by atoms with E-state index in [9.17, 15) is 14.5 Å². The van der Waals surface area contributed by atoms with Crippen LogP contribution in [0, 0.1) is 15.9 Å². The molecule has 0 heterocycles. The van der Waals surface area contributed by atoms with Crippen molar-refractivity contribution in [2.24, 2.45) is 0 Å². The molecular formula is C13H9BrFNO3. The molecule has 0 aromatic heterocycles. The molecule has 0 radical (unpaired) electrons. The van der Waals surface area contributed by atoms with E-state index in [0.717, 1.165) is 0 Å². The van der Waals surface area contributed by atoms with Crippen molar-refractivity contribution in [3.8, 4) is 5.75 Å². The lowest BCUT2D eigenvalue weighted by Crippen LogP contribution is -2.01. The Kier molecular flexibility index (Phi) is 4.11. The molecule has 0 N–H and O–H groups in total. The van der Waals surface area contributed by atoms with Gasteiger partial charge in [-0.25, -0.2) is 4.39 Å². The fourth-order valence-electron chi connectivity index (χ4n) is 1.55. The third kappa shape index (κ3) is 3.29. The van der Waals surface area contributed by atoms with E-state index in [0.29, 0.717) is 10.0 Å². The average molecular weight is 326 g/mol. The second kappa shape index (κ2) is 5.79. The second-order valence-corrected chi connectivity index (χ2v) is 4.66. The number of hydrogen-bond donors (Lipinski definition) is 0. The Morgan fingerprint density at radius 3 is 2.74 bits per heavy atom. The number of nitro benzene ring substituents is 1. The van der Waals surface area contributed by atoms with Crippen LogP contribution >= 0.6 is 15.9 Å². The molecule has 0 unspecified atom stereocenters. The molecule has 98 valence electrons. The van der Waals surface area contributed by atoms with Gasteiger partial charge in [0, 0.05) is 10.5 Å². The molecule has 6 heteroatoms. The van der Waals surface area contributed by atoms with Gasteiger partial charge in [0.15, 0.2) is 11.6 Å². The van der Waals surface area contributed by atoms with E-state index in [1.807, 2.05) is 0 Å². The number of nitro groups is 1. The topological polar surface area (TPSA) is 52.4 Å². The van der Waals surface area contributed by atoms with Crippen LogP contribution in [0.15, 0.2) is 46.9 Å². The van der Waals surface area contributed by atoms with Crippen molar-refractivity contribution in [3.63, 3.8) is 0 Å². The molecular weight excluding hydrogens is 317 g/mol. The van der Waals surface area contributed by atoms with Crippen molar-refractivity contribution in [2.45, 2.75) is 6.61 Å². The summed E-state index contributed by atoms with van der Waals surface area (Å²) in [5.74, 6) is -0.464. The zero-order valence-electron chi connectivity index (χ0n) is 9.68. The van der Waals surface area contributed by atoms with Gasteiger partial charge in [0.2, 0.25) is 0 Å². The van der Waals surface area contributed by atoms with Crippen LogP contribution in [0.2, 0.25) is 0 Å². The molecule has 2 rings (SSSR count). The van der Waals surface area contributed by atoms with Crippen LogP contribution in [-0.2, 0) is 6.61 Å². The molecule has 0 spiro atoms. The molecule has 19 heavy (non-hydrogen) atoms. The lowest BCUT2D eigenvalue weighted by molar-refractivity contribution is -0.385. The van der Waals surface area contributed by atoms with Crippen LogP contribution in [0.4, 0.5) is 10.1 Å². The maximum absolute atomic E-state index is 13.5. The van der Waals surface area contributed by atoms with Gasteiger partial charge < -0.3 is 4.74 Å². The molecule has 0 aliphatic heterocycles. The molecule has 0 aliphatic carbocycles. The minimum absolute atomic E-state index is 0.0436. The number of benzene rings is 2. The summed E-state index contributed by atoms with van der Waals surface area (Å²) in [6.07, 6.45) is 0. The highest BCUT2D eigenvalue weighted by Gasteiger charge is 2.13. The lowest BCUT2D eigenvalue weighted by atomic mass is 10.2. The van der Waals surface area contributed by atoms with E-state index in [4.69, 9.17) is 4.74 Å². The van der Waals surface area contributed by atoms with Gasteiger partial charge in [-0.15, -0.1) is 0 Å². The normalized spacial score (nSPS) is 10.2. The average Bonchev–Trinajstić information content (AvgIpc) is 2.40. The van der Waals surface area contributed by atoms with Gasteiger partial charge in [0.1, 0.15) is 6.61 Å². The van der Waals surface area contributed by atoms with Crippen LogP contribution in [-0.4, -0.2) is 4.92 Å². The highest BCUT2D eigenvalue weighted by Crippen LogP contribution is 2.25. The van der Waals surface area contributed by atoms with Gasteiger partial charge in [-0.05, 0) is 24.3 Å². The van der Waals surface area contributed by atoms with Crippen LogP contribution in [0.3, 0.4) is 0 Å². The van der Waals surface area contributed by atoms with Crippen molar-refractivity contribution in [2.75, 3.05) is 0 Å². The first-order valence-electron chi connectivity index (χ1n) is 5.38. The van der Waals surface area contributed by atoms with Crippen molar-refractivity contribution in [1.82, 2.24) is 0 Å². The Morgan fingerprint density at radius 2 is 2.00 bits per heavy atom. The second-order valence-electron chi connectivity index (χ2n) is 3.75. The fourth-order valence-corrected chi connectivity index (χ4v) is 1.89. The quantitative estimate of drug-likeness (QED) is 0.628. The van der Waals surface area contributed by atoms with E-state index in [1.165, 1.54) is 18.2 Å². The highest BCUT2D eigenvalue weighted by atomic mass is 79.9. The lowest BCUT2D eigenvalue weighted by Gasteiger charge is -2.08. The number of rotatable bonds is 4. The van der Waals surface area contributed by atoms with E-state index >= 15 is 0 Å². The predicted octanol–water partition coefficient (Wildman–Crippen LogP) is 4.08. The molecule has 0 fully saturated rings. The largest absolute Gasteiger partial charge is 0.486 e. The van der Waals surface area contributed by atoms with E-state index in [1.54, 1.807) is 24.3 Å². The maximum atomic E-state index is 13.5. The summed E-state index contributed by atoms with van der Waals surface area (Å²) in [6, 6.07) is 10.5. The first-order chi connectivity index (χ1) is 9.08. The van der Waals surface area contributed by atoms with Crippen LogP contribution in [0.5, 0.6) is 5.75 Å². The standard InChI is InChI=1S/C13H9BrFNO3/c14-10-5-6-11(15)13(7-10)19-8-9-3-1-2-4-12(9)16(17)18/h1-7H,8H2. The minimum atomic E-state index is -0.512. The summed E-state index contributed by atoms with van der Waals surface area (Å²) in [4.78, 5) is 10.3. The summed E-state index contributed by atoms with van der Waals surface area (Å²) in [5, 5.41) is 10.8. The van der Waals surface area contributed by atoms with Gasteiger partial charge in [0.05, 0.1) is 10.5 Å². The van der Waals surface area contributed by atoms with E-state index in [2.05, 4.69) is 15.9 Å². The van der Waals surface area contributed by atoms with Crippen molar-refractivity contribution in [1.29, 1.82) is 0 Å². The van der Waals surface area contributed by atoms with Gasteiger partial charge in [-0.3, -0.25) is 10.1 Å². The Hall–Kier alpha value is -1.95. The highest BCUT2D eigenvalue weighted by molar-refractivity contribution is 9.10. The van der Waals surface area contributed by atoms with Crippen molar-refractivity contribution < 1.29 is 14.1 Å². The predicted molar refractivity (Wildman–Crippen MR) is 71.5 cm³/mol. The first kappa shape index (κ1) is 13.5. The molecule has 4 nitrogen and oxygen atoms in total. The van der Waals surface area contributed by atoms with Gasteiger partial charge in [0.25, 0.3) is 5.69 Å². The Bertz CT molecular complexity index is 619. The third-order valence-corrected chi connectivity index (χ3v) is 2.96. The number of hydrogen-bond acceptors (Lipinski definition) is 3. The van der Waals surface area contributed by atoms with E-state index < -0.39 is 10.7 Å². The number of ether oxygens (including phenoxy) is 1. The molecule has 0 bridgehead atoms. The number of halogens is 2. The summed E-state index contributed by atoms with van der Waals surface area (Å²) in [5.41, 5.74) is 0.352.